The molecule has 0 aliphatic carbocycles. The van der Waals surface area contributed by atoms with Crippen LogP contribution in [0.3, 0.4) is 0 Å². The number of rotatable bonds is 5. The normalized spacial score (nSPS) is 11.4. The highest BCUT2D eigenvalue weighted by atomic mass is 32.2. The summed E-state index contributed by atoms with van der Waals surface area (Å²) < 4.78 is 33.6. The van der Waals surface area contributed by atoms with Crippen LogP contribution in [-0.2, 0) is 9.84 Å². The molecule has 0 spiro atoms. The lowest BCUT2D eigenvalue weighted by atomic mass is 10.2. The second-order valence-electron chi connectivity index (χ2n) is 4.67. The first-order chi connectivity index (χ1) is 11.5. The van der Waals surface area contributed by atoms with Crippen molar-refractivity contribution >= 4 is 21.8 Å². The minimum Gasteiger partial charge on any atom is -0.403 e. The molecule has 124 valence electrons. The van der Waals surface area contributed by atoms with Crippen LogP contribution in [-0.4, -0.2) is 35.4 Å². The summed E-state index contributed by atoms with van der Waals surface area (Å²) in [7, 11) is -3.27. The van der Waals surface area contributed by atoms with Crippen molar-refractivity contribution in [2.24, 2.45) is 0 Å². The molecule has 24 heavy (non-hydrogen) atoms. The van der Waals surface area contributed by atoms with Crippen molar-refractivity contribution < 1.29 is 22.2 Å². The Labute approximate surface area is 136 Å². The number of carbonyl (C=O) groups excluding carboxylic acids is 1. The van der Waals surface area contributed by atoms with E-state index in [9.17, 15) is 13.2 Å². The molecule has 0 bridgehead atoms. The van der Waals surface area contributed by atoms with Gasteiger partial charge in [-0.3, -0.25) is 10.1 Å². The number of benzene rings is 1. The van der Waals surface area contributed by atoms with Crippen molar-refractivity contribution in [3.05, 3.63) is 42.3 Å². The molecule has 0 aliphatic heterocycles. The van der Waals surface area contributed by atoms with Gasteiger partial charge in [0, 0.05) is 11.6 Å². The average Bonchev–Trinajstić information content (AvgIpc) is 3.27. The van der Waals surface area contributed by atoms with Crippen LogP contribution in [0.1, 0.15) is 17.5 Å². The average molecular weight is 348 g/mol. The number of nitrogens with one attached hydrogen (secondary N) is 1. The minimum atomic E-state index is -3.27. The Kier molecular flexibility index (Phi) is 4.13. The summed E-state index contributed by atoms with van der Waals surface area (Å²) in [6.45, 7) is 1.57. The standard InChI is InChI=1S/C14H12N4O5S/c1-2-24(20,21)10-5-3-9(4-6-10)13-17-18-14(22-13)16-12(19)11-7-8-15-23-11/h3-8H,2H2,1H3,(H,16,18,19). The van der Waals surface area contributed by atoms with Gasteiger partial charge in [-0.2, -0.15) is 0 Å². The minimum absolute atomic E-state index is 0.00359. The van der Waals surface area contributed by atoms with Crippen LogP contribution >= 0.6 is 0 Å². The Hall–Kier alpha value is -3.01. The molecule has 3 rings (SSSR count). The van der Waals surface area contributed by atoms with Crippen LogP contribution in [0.2, 0.25) is 0 Å². The molecule has 0 fully saturated rings. The molecule has 0 unspecified atom stereocenters. The summed E-state index contributed by atoms with van der Waals surface area (Å²) in [6.07, 6.45) is 1.33. The molecule has 1 amide bonds. The fourth-order valence-corrected chi connectivity index (χ4v) is 2.74. The van der Waals surface area contributed by atoms with E-state index in [0.717, 1.165) is 0 Å². The molecule has 1 aromatic carbocycles. The maximum Gasteiger partial charge on any atom is 0.322 e. The van der Waals surface area contributed by atoms with E-state index >= 15 is 0 Å². The smallest absolute Gasteiger partial charge is 0.322 e. The van der Waals surface area contributed by atoms with E-state index in [4.69, 9.17) is 8.94 Å². The van der Waals surface area contributed by atoms with E-state index in [1.165, 1.54) is 24.4 Å². The first-order valence-corrected chi connectivity index (χ1v) is 8.53. The predicted molar refractivity (Wildman–Crippen MR) is 81.9 cm³/mol. The van der Waals surface area contributed by atoms with Crippen LogP contribution in [0.5, 0.6) is 0 Å². The summed E-state index contributed by atoms with van der Waals surface area (Å²) in [5.41, 5.74) is 0.526. The van der Waals surface area contributed by atoms with E-state index in [1.807, 2.05) is 0 Å². The van der Waals surface area contributed by atoms with Crippen molar-refractivity contribution in [3.63, 3.8) is 0 Å². The molecular weight excluding hydrogens is 336 g/mol. The monoisotopic (exact) mass is 348 g/mol. The Morgan fingerprint density at radius 3 is 2.54 bits per heavy atom. The summed E-state index contributed by atoms with van der Waals surface area (Å²) in [4.78, 5) is 12.0. The SMILES string of the molecule is CCS(=O)(=O)c1ccc(-c2nnc(NC(=O)c3ccno3)o2)cc1. The summed E-state index contributed by atoms with van der Waals surface area (Å²) in [6, 6.07) is 7.31. The van der Waals surface area contributed by atoms with Gasteiger partial charge in [0.1, 0.15) is 0 Å². The number of anilines is 1. The van der Waals surface area contributed by atoms with Gasteiger partial charge in [-0.15, -0.1) is 5.10 Å². The molecule has 1 N–H and O–H groups in total. The topological polar surface area (TPSA) is 128 Å². The largest absolute Gasteiger partial charge is 0.403 e. The Morgan fingerprint density at radius 2 is 1.92 bits per heavy atom. The van der Waals surface area contributed by atoms with Crippen molar-refractivity contribution in [2.75, 3.05) is 11.1 Å². The Bertz CT molecular complexity index is 945. The molecule has 0 saturated heterocycles. The number of hydrogen-bond acceptors (Lipinski definition) is 8. The maximum absolute atomic E-state index is 11.8. The summed E-state index contributed by atoms with van der Waals surface area (Å²) >= 11 is 0. The molecule has 0 radical (unpaired) electrons. The van der Waals surface area contributed by atoms with E-state index in [0.29, 0.717) is 5.56 Å². The molecule has 2 aromatic heterocycles. The third kappa shape index (κ3) is 3.18. The van der Waals surface area contributed by atoms with Gasteiger partial charge in [0.05, 0.1) is 16.8 Å². The van der Waals surface area contributed by atoms with Gasteiger partial charge in [0.25, 0.3) is 5.91 Å². The fraction of sp³-hybridized carbons (Fsp3) is 0.143. The fourth-order valence-electron chi connectivity index (χ4n) is 1.85. The number of carbonyl (C=O) groups is 1. The zero-order chi connectivity index (χ0) is 17.2. The highest BCUT2D eigenvalue weighted by Gasteiger charge is 2.16. The highest BCUT2D eigenvalue weighted by molar-refractivity contribution is 7.91. The number of aromatic nitrogens is 3. The van der Waals surface area contributed by atoms with Crippen LogP contribution < -0.4 is 5.32 Å². The predicted octanol–water partition coefficient (Wildman–Crippen LogP) is 1.77. The molecule has 0 saturated carbocycles. The molecule has 0 atom stereocenters. The maximum atomic E-state index is 11.8. The van der Waals surface area contributed by atoms with Crippen molar-refractivity contribution in [1.29, 1.82) is 0 Å². The van der Waals surface area contributed by atoms with Gasteiger partial charge in [0.15, 0.2) is 9.84 Å². The third-order valence-electron chi connectivity index (χ3n) is 3.15. The second-order valence-corrected chi connectivity index (χ2v) is 6.95. The first-order valence-electron chi connectivity index (χ1n) is 6.88. The zero-order valence-electron chi connectivity index (χ0n) is 12.5. The lowest BCUT2D eigenvalue weighted by Gasteiger charge is -2.01. The summed E-state index contributed by atoms with van der Waals surface area (Å²) in [5, 5.41) is 13.3. The highest BCUT2D eigenvalue weighted by Crippen LogP contribution is 2.22. The van der Waals surface area contributed by atoms with Crippen LogP contribution in [0.15, 0.2) is 50.4 Å². The van der Waals surface area contributed by atoms with E-state index in [-0.39, 0.29) is 28.3 Å². The van der Waals surface area contributed by atoms with Crippen LogP contribution in [0.4, 0.5) is 6.01 Å². The second kappa shape index (κ2) is 6.24. The van der Waals surface area contributed by atoms with Crippen LogP contribution in [0, 0.1) is 0 Å². The summed E-state index contributed by atoms with van der Waals surface area (Å²) in [5.74, 6) is -0.413. The Balaban J connectivity index is 1.77. The number of sulfone groups is 1. The third-order valence-corrected chi connectivity index (χ3v) is 4.90. The van der Waals surface area contributed by atoms with Crippen molar-refractivity contribution in [3.8, 4) is 11.5 Å². The van der Waals surface area contributed by atoms with Gasteiger partial charge >= 0.3 is 6.01 Å². The zero-order valence-corrected chi connectivity index (χ0v) is 13.3. The number of hydrogen-bond donors (Lipinski definition) is 1. The van der Waals surface area contributed by atoms with Gasteiger partial charge in [-0.05, 0) is 24.3 Å². The number of amides is 1. The van der Waals surface area contributed by atoms with E-state index in [2.05, 4.69) is 20.7 Å². The first kappa shape index (κ1) is 15.9. The van der Waals surface area contributed by atoms with Crippen molar-refractivity contribution in [2.45, 2.75) is 11.8 Å². The van der Waals surface area contributed by atoms with E-state index in [1.54, 1.807) is 19.1 Å². The Morgan fingerprint density at radius 1 is 1.17 bits per heavy atom. The van der Waals surface area contributed by atoms with Gasteiger partial charge in [0.2, 0.25) is 11.7 Å². The molecule has 2 heterocycles. The molecule has 0 aliphatic rings. The molecular formula is C14H12N4O5S. The quantitative estimate of drug-likeness (QED) is 0.738. The molecule has 9 nitrogen and oxygen atoms in total. The van der Waals surface area contributed by atoms with Gasteiger partial charge in [-0.25, -0.2) is 8.42 Å². The van der Waals surface area contributed by atoms with Crippen LogP contribution in [0.25, 0.3) is 11.5 Å². The lowest BCUT2D eigenvalue weighted by molar-refractivity contribution is 0.0985. The molecule has 3 aromatic rings. The van der Waals surface area contributed by atoms with Gasteiger partial charge < -0.3 is 8.94 Å². The van der Waals surface area contributed by atoms with Gasteiger partial charge in [-0.1, -0.05) is 17.2 Å². The van der Waals surface area contributed by atoms with Crippen molar-refractivity contribution in [1.82, 2.24) is 15.4 Å². The number of nitrogens with zero attached hydrogens (tertiary/aromatic N) is 3. The van der Waals surface area contributed by atoms with E-state index < -0.39 is 15.7 Å². The molecule has 10 heteroatoms. The lowest BCUT2D eigenvalue weighted by Crippen LogP contribution is -2.11.